The van der Waals surface area contributed by atoms with E-state index in [-0.39, 0.29) is 5.41 Å². The van der Waals surface area contributed by atoms with Crippen LogP contribution in [0.3, 0.4) is 0 Å². The monoisotopic (exact) mass is 667 g/mol. The molecule has 246 valence electrons. The van der Waals surface area contributed by atoms with Gasteiger partial charge in [0.15, 0.2) is 17.5 Å². The predicted molar refractivity (Wildman–Crippen MR) is 212 cm³/mol. The molecule has 4 heteroatoms. The molecule has 0 saturated carbocycles. The highest BCUT2D eigenvalue weighted by atomic mass is 16.3. The van der Waals surface area contributed by atoms with Crippen LogP contribution in [0.2, 0.25) is 0 Å². The lowest BCUT2D eigenvalue weighted by atomic mass is 9.82. The molecule has 0 bridgehead atoms. The average Bonchev–Trinajstić information content (AvgIpc) is 3.70. The third-order valence-corrected chi connectivity index (χ3v) is 10.5. The molecule has 1 aliphatic carbocycles. The Morgan fingerprint density at radius 1 is 0.385 bits per heavy atom. The molecule has 10 rings (SSSR count). The van der Waals surface area contributed by atoms with Crippen LogP contribution in [0.5, 0.6) is 0 Å². The molecule has 0 fully saturated rings. The summed E-state index contributed by atoms with van der Waals surface area (Å²) in [5.41, 5.74) is 13.9. The van der Waals surface area contributed by atoms with E-state index in [9.17, 15) is 0 Å². The van der Waals surface area contributed by atoms with Crippen molar-refractivity contribution in [1.82, 2.24) is 15.0 Å². The molecule has 7 aromatic carbocycles. The number of hydrogen-bond acceptors (Lipinski definition) is 4. The van der Waals surface area contributed by atoms with Gasteiger partial charge in [0, 0.05) is 32.9 Å². The van der Waals surface area contributed by atoms with Crippen molar-refractivity contribution in [2.45, 2.75) is 19.3 Å². The molecule has 1 aliphatic rings. The first-order valence-electron chi connectivity index (χ1n) is 17.7. The summed E-state index contributed by atoms with van der Waals surface area (Å²) in [5, 5.41) is 2.16. The van der Waals surface area contributed by atoms with Crippen LogP contribution < -0.4 is 0 Å². The molecular weight excluding hydrogens is 635 g/mol. The zero-order chi connectivity index (χ0) is 34.8. The van der Waals surface area contributed by atoms with E-state index in [2.05, 4.69) is 153 Å². The zero-order valence-electron chi connectivity index (χ0n) is 28.8. The zero-order valence-corrected chi connectivity index (χ0v) is 28.8. The van der Waals surface area contributed by atoms with Crippen LogP contribution in [0.1, 0.15) is 25.0 Å². The summed E-state index contributed by atoms with van der Waals surface area (Å²) in [6, 6.07) is 57.2. The number of para-hydroxylation sites is 1. The smallest absolute Gasteiger partial charge is 0.164 e. The molecule has 4 nitrogen and oxygen atoms in total. The number of aromatic nitrogens is 3. The lowest BCUT2D eigenvalue weighted by Gasteiger charge is -2.21. The Morgan fingerprint density at radius 3 is 1.71 bits per heavy atom. The Morgan fingerprint density at radius 2 is 0.942 bits per heavy atom. The van der Waals surface area contributed by atoms with E-state index >= 15 is 0 Å². The van der Waals surface area contributed by atoms with Gasteiger partial charge in [0.1, 0.15) is 11.2 Å². The highest BCUT2D eigenvalue weighted by molar-refractivity contribution is 6.13. The maximum Gasteiger partial charge on any atom is 0.164 e. The Hall–Kier alpha value is -6.65. The van der Waals surface area contributed by atoms with E-state index in [1.54, 1.807) is 0 Å². The Balaban J connectivity index is 1.18. The minimum atomic E-state index is -0.148. The maximum absolute atomic E-state index is 6.49. The number of fused-ring (bicyclic) bond motifs is 6. The normalized spacial score (nSPS) is 13.0. The lowest BCUT2D eigenvalue weighted by molar-refractivity contribution is 0.660. The molecule has 0 N–H and O–H groups in total. The molecular formula is C48H33N3O. The van der Waals surface area contributed by atoms with Gasteiger partial charge in [-0.1, -0.05) is 153 Å². The number of rotatable bonds is 5. The van der Waals surface area contributed by atoms with E-state index in [1.165, 1.54) is 27.8 Å². The van der Waals surface area contributed by atoms with Crippen molar-refractivity contribution >= 4 is 21.9 Å². The molecule has 0 spiro atoms. The Kier molecular flexibility index (Phi) is 6.80. The highest BCUT2D eigenvalue weighted by Crippen LogP contribution is 2.49. The Labute approximate surface area is 302 Å². The standard InChI is InChI=1S/C48H33N3O/c1-48(2)40-19-11-9-17-36(40)37-26-25-34(28-41(37)48)46-49-45(33-23-21-31(22-24-33)30-13-5-3-6-14-30)50-47(51-46)35-27-39(32-15-7-4-8-16-32)44-38-18-10-12-20-42(38)52-43(44)29-35/h3-29H,1-2H3. The molecule has 0 radical (unpaired) electrons. The van der Waals surface area contributed by atoms with Gasteiger partial charge in [0.05, 0.1) is 0 Å². The van der Waals surface area contributed by atoms with E-state index in [0.29, 0.717) is 17.5 Å². The molecule has 0 aliphatic heterocycles. The van der Waals surface area contributed by atoms with Crippen LogP contribution in [-0.2, 0) is 5.41 Å². The van der Waals surface area contributed by atoms with Gasteiger partial charge in [-0.25, -0.2) is 15.0 Å². The SMILES string of the molecule is CC1(C)c2ccccc2-c2ccc(-c3nc(-c4ccc(-c5ccccc5)cc4)nc(-c4cc(-c5ccccc5)c5c(c4)oc4ccccc45)n3)cc21. The summed E-state index contributed by atoms with van der Waals surface area (Å²) in [6.45, 7) is 4.60. The van der Waals surface area contributed by atoms with Gasteiger partial charge in [-0.2, -0.15) is 0 Å². The molecule has 0 unspecified atom stereocenters. The minimum Gasteiger partial charge on any atom is -0.456 e. The molecule has 52 heavy (non-hydrogen) atoms. The second kappa shape index (κ2) is 11.7. The summed E-state index contributed by atoms with van der Waals surface area (Å²) in [6.07, 6.45) is 0. The van der Waals surface area contributed by atoms with Crippen LogP contribution in [0.4, 0.5) is 0 Å². The lowest BCUT2D eigenvalue weighted by Crippen LogP contribution is -2.15. The van der Waals surface area contributed by atoms with Crippen molar-refractivity contribution in [3.63, 3.8) is 0 Å². The first kappa shape index (κ1) is 30.2. The fourth-order valence-corrected chi connectivity index (χ4v) is 7.88. The van der Waals surface area contributed by atoms with Crippen LogP contribution in [0.15, 0.2) is 168 Å². The van der Waals surface area contributed by atoms with Crippen LogP contribution >= 0.6 is 0 Å². The molecule has 2 aromatic heterocycles. The van der Waals surface area contributed by atoms with Crippen molar-refractivity contribution < 1.29 is 4.42 Å². The fraction of sp³-hybridized carbons (Fsp3) is 0.0625. The summed E-state index contributed by atoms with van der Waals surface area (Å²) in [4.78, 5) is 15.5. The van der Waals surface area contributed by atoms with E-state index < -0.39 is 0 Å². The molecule has 0 saturated heterocycles. The van der Waals surface area contributed by atoms with Crippen molar-refractivity contribution in [1.29, 1.82) is 0 Å². The number of furan rings is 1. The van der Waals surface area contributed by atoms with Crippen LogP contribution in [-0.4, -0.2) is 15.0 Å². The van der Waals surface area contributed by atoms with Gasteiger partial charge in [-0.05, 0) is 68.8 Å². The van der Waals surface area contributed by atoms with Gasteiger partial charge < -0.3 is 4.42 Å². The summed E-state index contributed by atoms with van der Waals surface area (Å²) < 4.78 is 6.49. The predicted octanol–water partition coefficient (Wildman–Crippen LogP) is 12.4. The topological polar surface area (TPSA) is 51.8 Å². The van der Waals surface area contributed by atoms with E-state index in [0.717, 1.165) is 55.3 Å². The van der Waals surface area contributed by atoms with Crippen LogP contribution in [0.25, 0.3) is 89.5 Å². The van der Waals surface area contributed by atoms with Crippen molar-refractivity contribution in [2.75, 3.05) is 0 Å². The van der Waals surface area contributed by atoms with Crippen molar-refractivity contribution in [3.8, 4) is 67.5 Å². The third kappa shape index (κ3) is 4.87. The second-order valence-corrected chi connectivity index (χ2v) is 14.0. The van der Waals surface area contributed by atoms with E-state index in [4.69, 9.17) is 19.4 Å². The summed E-state index contributed by atoms with van der Waals surface area (Å²) in [5.74, 6) is 1.84. The van der Waals surface area contributed by atoms with Crippen LogP contribution in [0, 0.1) is 0 Å². The number of benzene rings is 7. The molecule has 0 atom stereocenters. The molecule has 0 amide bonds. The van der Waals surface area contributed by atoms with Gasteiger partial charge in [0.25, 0.3) is 0 Å². The van der Waals surface area contributed by atoms with Gasteiger partial charge in [-0.15, -0.1) is 0 Å². The molecule has 2 heterocycles. The highest BCUT2D eigenvalue weighted by Gasteiger charge is 2.35. The second-order valence-electron chi connectivity index (χ2n) is 14.0. The summed E-state index contributed by atoms with van der Waals surface area (Å²) in [7, 11) is 0. The minimum absolute atomic E-state index is 0.148. The summed E-state index contributed by atoms with van der Waals surface area (Å²) >= 11 is 0. The van der Waals surface area contributed by atoms with E-state index in [1.807, 2.05) is 24.3 Å². The number of hydrogen-bond donors (Lipinski definition) is 0. The van der Waals surface area contributed by atoms with Gasteiger partial charge >= 0.3 is 0 Å². The third-order valence-electron chi connectivity index (χ3n) is 10.5. The fourth-order valence-electron chi connectivity index (χ4n) is 7.88. The number of nitrogens with zero attached hydrogens (tertiary/aromatic N) is 3. The first-order chi connectivity index (χ1) is 25.5. The van der Waals surface area contributed by atoms with Gasteiger partial charge in [0.2, 0.25) is 0 Å². The molecule has 9 aromatic rings. The van der Waals surface area contributed by atoms with Gasteiger partial charge in [-0.3, -0.25) is 0 Å². The Bertz CT molecular complexity index is 2800. The quantitative estimate of drug-likeness (QED) is 0.183. The average molecular weight is 668 g/mol. The largest absolute Gasteiger partial charge is 0.456 e. The maximum atomic E-state index is 6.49. The van der Waals surface area contributed by atoms with Crippen molar-refractivity contribution in [3.05, 3.63) is 175 Å². The first-order valence-corrected chi connectivity index (χ1v) is 17.7. The van der Waals surface area contributed by atoms with Crippen molar-refractivity contribution in [2.24, 2.45) is 0 Å².